The van der Waals surface area contributed by atoms with Gasteiger partial charge in [0.2, 0.25) is 5.91 Å². The number of hydrogen-bond donors (Lipinski definition) is 3. The lowest BCUT2D eigenvalue weighted by Crippen LogP contribution is -2.47. The number of carbonyl (C=O) groups excluding carboxylic acids is 2. The number of likely N-dealkylation sites (tertiary alicyclic amines) is 1. The van der Waals surface area contributed by atoms with Crippen LogP contribution in [0.1, 0.15) is 34.7 Å². The van der Waals surface area contributed by atoms with Crippen LogP contribution in [0.15, 0.2) is 66.7 Å². The number of rotatable bonds is 5. The van der Waals surface area contributed by atoms with Crippen LogP contribution in [0.4, 0.5) is 17.6 Å². The van der Waals surface area contributed by atoms with Crippen molar-refractivity contribution in [1.29, 1.82) is 0 Å². The van der Waals surface area contributed by atoms with Crippen LogP contribution in [0.3, 0.4) is 0 Å². The highest BCUT2D eigenvalue weighted by Crippen LogP contribution is 2.47. The van der Waals surface area contributed by atoms with Crippen LogP contribution in [-0.4, -0.2) is 66.7 Å². The van der Waals surface area contributed by atoms with Gasteiger partial charge in [-0.3, -0.25) is 9.59 Å². The molecule has 1 spiro atoms. The van der Waals surface area contributed by atoms with E-state index < -0.39 is 17.6 Å². The number of carboxylic acids is 1. The first-order valence-corrected chi connectivity index (χ1v) is 12.8. The third-order valence-electron chi connectivity index (χ3n) is 7.57. The van der Waals surface area contributed by atoms with Crippen LogP contribution in [-0.2, 0) is 9.59 Å². The van der Waals surface area contributed by atoms with E-state index in [4.69, 9.17) is 9.90 Å². The van der Waals surface area contributed by atoms with Crippen molar-refractivity contribution < 1.29 is 37.1 Å². The fourth-order valence-corrected chi connectivity index (χ4v) is 5.37. The molecule has 11 heteroatoms. The molecule has 2 heterocycles. The fourth-order valence-electron chi connectivity index (χ4n) is 5.37. The topological polar surface area (TPSA) is 98.7 Å². The van der Waals surface area contributed by atoms with E-state index in [1.54, 1.807) is 12.1 Å². The summed E-state index contributed by atoms with van der Waals surface area (Å²) >= 11 is 0. The van der Waals surface area contributed by atoms with Gasteiger partial charge >= 0.3 is 12.1 Å². The van der Waals surface area contributed by atoms with Crippen molar-refractivity contribution in [3.63, 3.8) is 0 Å². The monoisotopic (exact) mass is 559 g/mol. The number of nitrogens with zero attached hydrogens (tertiary/aromatic N) is 1. The quantitative estimate of drug-likeness (QED) is 0.404. The van der Waals surface area contributed by atoms with Gasteiger partial charge in [-0.2, -0.15) is 13.2 Å². The van der Waals surface area contributed by atoms with Crippen molar-refractivity contribution in [2.45, 2.75) is 24.9 Å². The molecule has 3 aromatic rings. The molecule has 0 aromatic heterocycles. The Bertz CT molecular complexity index is 1370. The standard InChI is InChI=1S/C27H28FN3O2.C2HF3O2/c28-23-9-7-20(8-10-23)24-18-30-26(33)27(24)11-14-31(15-12-27)16-13-29-25(32)22-6-5-19-3-1-2-4-21(19)17-22;3-2(4,5)1(6)7/h1-10,17,24H,11-16,18H2,(H,29,32)(H,30,33);(H,6,7). The minimum Gasteiger partial charge on any atom is -0.475 e. The van der Waals surface area contributed by atoms with Gasteiger partial charge in [-0.15, -0.1) is 0 Å². The number of benzene rings is 3. The maximum absolute atomic E-state index is 13.4. The Morgan fingerprint density at radius 1 is 1.00 bits per heavy atom. The summed E-state index contributed by atoms with van der Waals surface area (Å²) < 4.78 is 45.1. The van der Waals surface area contributed by atoms with E-state index in [1.165, 1.54) is 12.1 Å². The second kappa shape index (κ2) is 12.0. The van der Waals surface area contributed by atoms with Gasteiger partial charge < -0.3 is 20.6 Å². The Labute approximate surface area is 228 Å². The summed E-state index contributed by atoms with van der Waals surface area (Å²) in [4.78, 5) is 36.6. The smallest absolute Gasteiger partial charge is 0.475 e. The average Bonchev–Trinajstić information content (AvgIpc) is 3.24. The van der Waals surface area contributed by atoms with Gasteiger partial charge in [0, 0.05) is 31.1 Å². The highest BCUT2D eigenvalue weighted by atomic mass is 19.4. The molecule has 7 nitrogen and oxygen atoms in total. The Hall–Kier alpha value is -3.99. The highest BCUT2D eigenvalue weighted by Gasteiger charge is 2.51. The molecule has 2 aliphatic rings. The molecule has 5 rings (SSSR count). The van der Waals surface area contributed by atoms with E-state index in [0.29, 0.717) is 18.7 Å². The summed E-state index contributed by atoms with van der Waals surface area (Å²) in [5.74, 6) is -2.90. The summed E-state index contributed by atoms with van der Waals surface area (Å²) in [5.41, 5.74) is 1.25. The SMILES string of the molecule is O=C(NCCN1CCC2(CC1)C(=O)NCC2c1ccc(F)cc1)c1ccc2ccccc2c1.O=C(O)C(F)(F)F. The minimum absolute atomic E-state index is 0.0687. The van der Waals surface area contributed by atoms with Crippen molar-refractivity contribution in [3.8, 4) is 0 Å². The van der Waals surface area contributed by atoms with E-state index in [9.17, 15) is 27.2 Å². The van der Waals surface area contributed by atoms with Gasteiger partial charge in [-0.25, -0.2) is 9.18 Å². The summed E-state index contributed by atoms with van der Waals surface area (Å²) in [6.07, 6.45) is -3.56. The maximum Gasteiger partial charge on any atom is 0.490 e. The number of aliphatic carboxylic acids is 1. The minimum atomic E-state index is -5.08. The summed E-state index contributed by atoms with van der Waals surface area (Å²) in [6, 6.07) is 20.3. The van der Waals surface area contributed by atoms with Crippen LogP contribution in [0.25, 0.3) is 10.8 Å². The zero-order chi connectivity index (χ0) is 28.9. The largest absolute Gasteiger partial charge is 0.490 e. The van der Waals surface area contributed by atoms with E-state index >= 15 is 0 Å². The number of amides is 2. The number of nitrogens with one attached hydrogen (secondary N) is 2. The van der Waals surface area contributed by atoms with Crippen molar-refractivity contribution >= 4 is 28.6 Å². The fraction of sp³-hybridized carbons (Fsp3) is 0.345. The highest BCUT2D eigenvalue weighted by molar-refractivity contribution is 5.98. The number of carbonyl (C=O) groups is 3. The number of piperidine rings is 1. The van der Waals surface area contributed by atoms with Crippen molar-refractivity contribution in [3.05, 3.63) is 83.7 Å². The molecule has 2 saturated heterocycles. The first-order valence-electron chi connectivity index (χ1n) is 12.8. The molecular formula is C29H29F4N3O4. The second-order valence-corrected chi connectivity index (χ2v) is 9.93. The van der Waals surface area contributed by atoms with E-state index in [1.807, 2.05) is 42.5 Å². The lowest BCUT2D eigenvalue weighted by molar-refractivity contribution is -0.192. The van der Waals surface area contributed by atoms with Gasteiger partial charge in [0.1, 0.15) is 5.82 Å². The average molecular weight is 560 g/mol. The number of hydrogen-bond acceptors (Lipinski definition) is 4. The van der Waals surface area contributed by atoms with Crippen molar-refractivity contribution in [2.75, 3.05) is 32.7 Å². The molecule has 2 amide bonds. The zero-order valence-electron chi connectivity index (χ0n) is 21.5. The third-order valence-corrected chi connectivity index (χ3v) is 7.57. The van der Waals surface area contributed by atoms with Gasteiger partial charge in [0.25, 0.3) is 5.91 Å². The van der Waals surface area contributed by atoms with E-state index in [0.717, 1.165) is 48.8 Å². The Kier molecular flexibility index (Phi) is 8.73. The maximum atomic E-state index is 13.4. The molecule has 0 aliphatic carbocycles. The van der Waals surface area contributed by atoms with Crippen LogP contribution in [0, 0.1) is 11.2 Å². The van der Waals surface area contributed by atoms with Crippen LogP contribution < -0.4 is 10.6 Å². The lowest BCUT2D eigenvalue weighted by atomic mass is 9.68. The summed E-state index contributed by atoms with van der Waals surface area (Å²) in [7, 11) is 0. The van der Waals surface area contributed by atoms with Crippen molar-refractivity contribution in [2.24, 2.45) is 5.41 Å². The summed E-state index contributed by atoms with van der Waals surface area (Å²) in [5, 5.41) is 15.4. The Balaban J connectivity index is 0.000000470. The lowest BCUT2D eigenvalue weighted by Gasteiger charge is -2.41. The van der Waals surface area contributed by atoms with Gasteiger partial charge in [-0.05, 0) is 66.5 Å². The Morgan fingerprint density at radius 2 is 1.62 bits per heavy atom. The van der Waals surface area contributed by atoms with Crippen LogP contribution >= 0.6 is 0 Å². The van der Waals surface area contributed by atoms with Crippen LogP contribution in [0.2, 0.25) is 0 Å². The van der Waals surface area contributed by atoms with Gasteiger partial charge in [0.15, 0.2) is 0 Å². The third kappa shape index (κ3) is 6.59. The van der Waals surface area contributed by atoms with Gasteiger partial charge in [0.05, 0.1) is 5.41 Å². The number of halogens is 4. The molecule has 212 valence electrons. The van der Waals surface area contributed by atoms with Crippen LogP contribution in [0.5, 0.6) is 0 Å². The van der Waals surface area contributed by atoms with Gasteiger partial charge in [-0.1, -0.05) is 42.5 Å². The predicted octanol–water partition coefficient (Wildman–Crippen LogP) is 4.34. The molecular weight excluding hydrogens is 530 g/mol. The number of carboxylic acid groups (broad SMARTS) is 1. The van der Waals surface area contributed by atoms with E-state index in [2.05, 4.69) is 15.5 Å². The molecule has 3 N–H and O–H groups in total. The molecule has 40 heavy (non-hydrogen) atoms. The molecule has 1 unspecified atom stereocenters. The molecule has 2 aliphatic heterocycles. The predicted molar refractivity (Wildman–Crippen MR) is 140 cm³/mol. The first-order chi connectivity index (χ1) is 19.0. The number of alkyl halides is 3. The normalized spacial score (nSPS) is 18.6. The van der Waals surface area contributed by atoms with E-state index in [-0.39, 0.29) is 23.5 Å². The summed E-state index contributed by atoms with van der Waals surface area (Å²) in [6.45, 7) is 3.52. The molecule has 0 bridgehead atoms. The molecule has 3 aromatic carbocycles. The Morgan fingerprint density at radius 3 is 2.25 bits per heavy atom. The first kappa shape index (κ1) is 29.0. The second-order valence-electron chi connectivity index (χ2n) is 9.93. The zero-order valence-corrected chi connectivity index (χ0v) is 21.5. The van der Waals surface area contributed by atoms with Crippen molar-refractivity contribution in [1.82, 2.24) is 15.5 Å². The molecule has 1 atom stereocenters. The molecule has 2 fully saturated rings. The molecule has 0 radical (unpaired) electrons. The number of fused-ring (bicyclic) bond motifs is 1. The molecule has 0 saturated carbocycles.